The molecule has 0 fully saturated rings. The first-order valence-electron chi connectivity index (χ1n) is 11.6. The van der Waals surface area contributed by atoms with Crippen LogP contribution in [-0.4, -0.2) is 19.5 Å². The fourth-order valence-electron chi connectivity index (χ4n) is 4.42. The Morgan fingerprint density at radius 1 is 1.00 bits per heavy atom. The lowest BCUT2D eigenvalue weighted by Gasteiger charge is -2.22. The second-order valence-corrected chi connectivity index (χ2v) is 8.69. The fraction of sp³-hybridized carbons (Fsp3) is 0.138. The van der Waals surface area contributed by atoms with Gasteiger partial charge in [-0.1, -0.05) is 36.4 Å². The van der Waals surface area contributed by atoms with Crippen LogP contribution >= 0.6 is 0 Å². The third kappa shape index (κ3) is 4.21. The molecule has 3 heterocycles. The lowest BCUT2D eigenvalue weighted by molar-refractivity contribution is 0.772. The minimum Gasteiger partial charge on any atom is -0.371 e. The molecule has 2 aromatic carbocycles. The third-order valence-electron chi connectivity index (χ3n) is 6.08. The van der Waals surface area contributed by atoms with Gasteiger partial charge in [-0.25, -0.2) is 9.83 Å². The number of nitrogens with one attached hydrogen (secondary N) is 1. The molecular formula is C29H24N6O. The van der Waals surface area contributed by atoms with E-state index in [-0.39, 0.29) is 11.6 Å². The second kappa shape index (κ2) is 9.43. The molecule has 3 aromatic heterocycles. The number of nitrogens with zero attached hydrogens (tertiary/aromatic N) is 5. The Hall–Kier alpha value is -4.83. The summed E-state index contributed by atoms with van der Waals surface area (Å²) < 4.78 is 1.73. The molecule has 1 N–H and O–H groups in total. The van der Waals surface area contributed by atoms with Crippen molar-refractivity contribution in [1.82, 2.24) is 19.5 Å². The Morgan fingerprint density at radius 3 is 2.56 bits per heavy atom. The molecule has 1 atom stereocenters. The van der Waals surface area contributed by atoms with Crippen LogP contribution < -0.4 is 10.9 Å². The maximum atomic E-state index is 14.2. The number of pyridine rings is 2. The highest BCUT2D eigenvalue weighted by Gasteiger charge is 2.20. The number of fused-ring (bicyclic) bond motifs is 1. The lowest BCUT2D eigenvalue weighted by Crippen LogP contribution is -2.26. The maximum absolute atomic E-state index is 14.2. The molecule has 0 unspecified atom stereocenters. The van der Waals surface area contributed by atoms with Crippen LogP contribution in [0.4, 0.5) is 11.5 Å². The largest absolute Gasteiger partial charge is 0.371 e. The number of benzene rings is 2. The van der Waals surface area contributed by atoms with Crippen LogP contribution in [0.25, 0.3) is 32.4 Å². The Bertz CT molecular complexity index is 1680. The van der Waals surface area contributed by atoms with Crippen LogP contribution in [0.3, 0.4) is 0 Å². The average molecular weight is 473 g/mol. The van der Waals surface area contributed by atoms with Crippen molar-refractivity contribution in [2.75, 3.05) is 5.32 Å². The Morgan fingerprint density at radius 2 is 1.81 bits per heavy atom. The summed E-state index contributed by atoms with van der Waals surface area (Å²) in [5.74, 6) is 1.00. The fourth-order valence-corrected chi connectivity index (χ4v) is 4.42. The Kier molecular flexibility index (Phi) is 6.01. The van der Waals surface area contributed by atoms with E-state index >= 15 is 0 Å². The van der Waals surface area contributed by atoms with E-state index in [0.29, 0.717) is 22.7 Å². The molecule has 0 amide bonds. The molecule has 176 valence electrons. The maximum Gasteiger partial charge on any atom is 0.263 e. The number of hydrogen-bond donors (Lipinski definition) is 1. The van der Waals surface area contributed by atoms with Gasteiger partial charge in [0, 0.05) is 35.5 Å². The van der Waals surface area contributed by atoms with Crippen molar-refractivity contribution in [2.45, 2.75) is 26.8 Å². The highest BCUT2D eigenvalue weighted by molar-refractivity contribution is 5.96. The first-order chi connectivity index (χ1) is 17.5. The standard InChI is InChI=1S/C29H24N6O/c1-18-13-22(16-31-15-18)24-12-8-9-21-14-26(19(2)33-28-25(30-4)17-32-20(3)34-28)35(29(36)27(21)24)23-10-6-5-7-11-23/h5-17,19H,1-3H3,(H,32,33,34)/t19-/m0/s1. The molecule has 5 aromatic rings. The smallest absolute Gasteiger partial charge is 0.263 e. The summed E-state index contributed by atoms with van der Waals surface area (Å²) in [6, 6.07) is 19.2. The van der Waals surface area contributed by atoms with Gasteiger partial charge in [0.2, 0.25) is 5.69 Å². The van der Waals surface area contributed by atoms with Crippen LogP contribution in [-0.2, 0) is 0 Å². The SMILES string of the molecule is [C-]#[N+]c1cnc(C)nc1N[C@@H](C)c1cc2cccc(-c3cncc(C)c3)c2c(=O)n1-c1ccccc1. The summed E-state index contributed by atoms with van der Waals surface area (Å²) in [7, 11) is 0. The van der Waals surface area contributed by atoms with Gasteiger partial charge in [-0.15, -0.1) is 0 Å². The number of para-hydroxylation sites is 1. The quantitative estimate of drug-likeness (QED) is 0.309. The predicted octanol–water partition coefficient (Wildman–Crippen LogP) is 6.18. The van der Waals surface area contributed by atoms with Crippen molar-refractivity contribution in [3.8, 4) is 16.8 Å². The van der Waals surface area contributed by atoms with Gasteiger partial charge in [-0.2, -0.15) is 0 Å². The normalized spacial score (nSPS) is 11.7. The van der Waals surface area contributed by atoms with Gasteiger partial charge in [-0.05, 0) is 61.5 Å². The minimum absolute atomic E-state index is 0.122. The van der Waals surface area contributed by atoms with E-state index in [4.69, 9.17) is 6.57 Å². The summed E-state index contributed by atoms with van der Waals surface area (Å²) in [5, 5.41) is 4.80. The van der Waals surface area contributed by atoms with Crippen LogP contribution in [0.5, 0.6) is 0 Å². The van der Waals surface area contributed by atoms with Crippen LogP contribution in [0.15, 0.2) is 84.0 Å². The molecule has 0 spiro atoms. The van der Waals surface area contributed by atoms with E-state index in [1.165, 1.54) is 6.20 Å². The van der Waals surface area contributed by atoms with E-state index in [9.17, 15) is 4.79 Å². The summed E-state index contributed by atoms with van der Waals surface area (Å²) in [5.41, 5.74) is 4.49. The molecule has 7 nitrogen and oxygen atoms in total. The number of hydrogen-bond acceptors (Lipinski definition) is 5. The summed E-state index contributed by atoms with van der Waals surface area (Å²) in [6.07, 6.45) is 5.10. The van der Waals surface area contributed by atoms with Crippen molar-refractivity contribution >= 4 is 22.3 Å². The number of anilines is 1. The molecule has 36 heavy (non-hydrogen) atoms. The number of aryl methyl sites for hydroxylation is 2. The monoisotopic (exact) mass is 472 g/mol. The van der Waals surface area contributed by atoms with Crippen molar-refractivity contribution in [1.29, 1.82) is 0 Å². The molecule has 0 bridgehead atoms. The molecule has 0 aliphatic carbocycles. The van der Waals surface area contributed by atoms with Crippen molar-refractivity contribution in [3.05, 3.63) is 118 Å². The molecule has 0 aliphatic heterocycles. The highest BCUT2D eigenvalue weighted by atomic mass is 16.1. The van der Waals surface area contributed by atoms with E-state index in [1.807, 2.05) is 74.5 Å². The highest BCUT2D eigenvalue weighted by Crippen LogP contribution is 2.31. The molecule has 5 rings (SSSR count). The van der Waals surface area contributed by atoms with Crippen molar-refractivity contribution < 1.29 is 0 Å². The topological polar surface area (TPSA) is 77.1 Å². The van der Waals surface area contributed by atoms with Gasteiger partial charge in [0.15, 0.2) is 0 Å². The van der Waals surface area contributed by atoms with Gasteiger partial charge in [0.05, 0.1) is 18.0 Å². The first-order valence-corrected chi connectivity index (χ1v) is 11.6. The molecule has 0 saturated carbocycles. The van der Waals surface area contributed by atoms with Gasteiger partial charge in [0.25, 0.3) is 5.56 Å². The van der Waals surface area contributed by atoms with Gasteiger partial charge in [-0.3, -0.25) is 19.3 Å². The zero-order valence-corrected chi connectivity index (χ0v) is 20.2. The average Bonchev–Trinajstić information content (AvgIpc) is 2.89. The molecule has 7 heteroatoms. The van der Waals surface area contributed by atoms with Gasteiger partial charge < -0.3 is 5.32 Å². The number of rotatable bonds is 5. The second-order valence-electron chi connectivity index (χ2n) is 8.69. The first kappa shape index (κ1) is 22.9. The van der Waals surface area contributed by atoms with E-state index in [1.54, 1.807) is 23.9 Å². The van der Waals surface area contributed by atoms with Gasteiger partial charge in [0.1, 0.15) is 11.6 Å². The summed E-state index contributed by atoms with van der Waals surface area (Å²) >= 11 is 0. The van der Waals surface area contributed by atoms with E-state index < -0.39 is 0 Å². The van der Waals surface area contributed by atoms with Crippen LogP contribution in [0.1, 0.15) is 30.0 Å². The molecular weight excluding hydrogens is 448 g/mol. The zero-order chi connectivity index (χ0) is 25.2. The summed E-state index contributed by atoms with van der Waals surface area (Å²) in [4.78, 5) is 30.6. The molecule has 0 aliphatic rings. The predicted molar refractivity (Wildman–Crippen MR) is 143 cm³/mol. The zero-order valence-electron chi connectivity index (χ0n) is 20.2. The van der Waals surface area contributed by atoms with Crippen molar-refractivity contribution in [3.63, 3.8) is 0 Å². The van der Waals surface area contributed by atoms with Crippen LogP contribution in [0, 0.1) is 20.4 Å². The van der Waals surface area contributed by atoms with E-state index in [0.717, 1.165) is 33.5 Å². The molecule has 0 radical (unpaired) electrons. The lowest BCUT2D eigenvalue weighted by atomic mass is 9.98. The molecule has 0 saturated heterocycles. The number of aromatic nitrogens is 4. The van der Waals surface area contributed by atoms with Gasteiger partial charge >= 0.3 is 0 Å². The Labute approximate surface area is 209 Å². The van der Waals surface area contributed by atoms with E-state index in [2.05, 4.69) is 25.1 Å². The van der Waals surface area contributed by atoms with Crippen LogP contribution in [0.2, 0.25) is 0 Å². The minimum atomic E-state index is -0.332. The Balaban J connectivity index is 1.75. The third-order valence-corrected chi connectivity index (χ3v) is 6.08. The summed E-state index contributed by atoms with van der Waals surface area (Å²) in [6.45, 7) is 13.2. The van der Waals surface area contributed by atoms with Crippen molar-refractivity contribution in [2.24, 2.45) is 0 Å².